The molecule has 3 aromatic rings. The lowest BCUT2D eigenvalue weighted by Crippen LogP contribution is -2.15. The van der Waals surface area contributed by atoms with Gasteiger partial charge in [-0.2, -0.15) is 5.10 Å². The van der Waals surface area contributed by atoms with Gasteiger partial charge in [-0.3, -0.25) is 9.48 Å². The van der Waals surface area contributed by atoms with E-state index in [0.717, 1.165) is 28.3 Å². The molecular formula is C24H23ClN2O4. The molecule has 7 heteroatoms. The van der Waals surface area contributed by atoms with Gasteiger partial charge in [0.1, 0.15) is 19.0 Å². The topological polar surface area (TPSA) is 62.6 Å². The van der Waals surface area contributed by atoms with Gasteiger partial charge in [0.15, 0.2) is 17.3 Å². The van der Waals surface area contributed by atoms with E-state index >= 15 is 0 Å². The summed E-state index contributed by atoms with van der Waals surface area (Å²) in [7, 11) is 1.63. The Kier molecular flexibility index (Phi) is 6.00. The molecule has 4 rings (SSSR count). The van der Waals surface area contributed by atoms with E-state index in [9.17, 15) is 4.79 Å². The Balaban J connectivity index is 1.55. The molecule has 6 nitrogen and oxygen atoms in total. The van der Waals surface area contributed by atoms with Crippen molar-refractivity contribution in [2.45, 2.75) is 20.4 Å². The van der Waals surface area contributed by atoms with Gasteiger partial charge in [0, 0.05) is 11.1 Å². The first-order valence-corrected chi connectivity index (χ1v) is 10.3. The Hall–Kier alpha value is -3.25. The van der Waals surface area contributed by atoms with Crippen molar-refractivity contribution >= 4 is 23.5 Å². The predicted octanol–water partition coefficient (Wildman–Crippen LogP) is 4.88. The average Bonchev–Trinajstić information content (AvgIpc) is 3.03. The van der Waals surface area contributed by atoms with Gasteiger partial charge in [0.05, 0.1) is 30.1 Å². The van der Waals surface area contributed by atoms with Gasteiger partial charge in [-0.25, -0.2) is 0 Å². The van der Waals surface area contributed by atoms with Gasteiger partial charge in [-0.1, -0.05) is 23.7 Å². The van der Waals surface area contributed by atoms with E-state index in [1.54, 1.807) is 37.5 Å². The number of ether oxygens (including phenoxy) is 3. The summed E-state index contributed by atoms with van der Waals surface area (Å²) in [6.07, 6.45) is 3.34. The van der Waals surface area contributed by atoms with E-state index in [4.69, 9.17) is 25.8 Å². The summed E-state index contributed by atoms with van der Waals surface area (Å²) in [5.74, 6) is 1.90. The van der Waals surface area contributed by atoms with Gasteiger partial charge in [-0.15, -0.1) is 0 Å². The summed E-state index contributed by atoms with van der Waals surface area (Å²) in [5.41, 5.74) is 4.06. The maximum atomic E-state index is 12.7. The minimum Gasteiger partial charge on any atom is -0.496 e. The van der Waals surface area contributed by atoms with Crippen LogP contribution in [-0.2, 0) is 6.54 Å². The van der Waals surface area contributed by atoms with Crippen LogP contribution in [-0.4, -0.2) is 35.9 Å². The standard InChI is InChI=1S/C24H23ClN2O4/c1-15-24(25)16(2)27(26-15)14-19-12-17(5-8-21(19)29-3)4-7-20(28)18-6-9-22-23(13-18)31-11-10-30-22/h4-9,12-13H,10-11,14H2,1-3H3/b7-4+. The number of carbonyl (C=O) groups is 1. The van der Waals surface area contributed by atoms with Crippen molar-refractivity contribution in [3.63, 3.8) is 0 Å². The number of methoxy groups -OCH3 is 1. The Bertz CT molecular complexity index is 1170. The van der Waals surface area contributed by atoms with Gasteiger partial charge < -0.3 is 14.2 Å². The molecule has 1 aliphatic heterocycles. The molecule has 160 valence electrons. The molecule has 0 N–H and O–H groups in total. The Morgan fingerprint density at radius 3 is 2.65 bits per heavy atom. The summed E-state index contributed by atoms with van der Waals surface area (Å²) in [5, 5.41) is 5.16. The molecule has 1 aliphatic rings. The van der Waals surface area contributed by atoms with E-state index in [1.165, 1.54) is 0 Å². The number of fused-ring (bicyclic) bond motifs is 1. The van der Waals surface area contributed by atoms with E-state index in [1.807, 2.05) is 36.7 Å². The number of hydrogen-bond donors (Lipinski definition) is 0. The van der Waals surface area contributed by atoms with Crippen LogP contribution in [0.25, 0.3) is 6.08 Å². The highest BCUT2D eigenvalue weighted by atomic mass is 35.5. The Morgan fingerprint density at radius 1 is 1.16 bits per heavy atom. The molecule has 0 saturated heterocycles. The van der Waals surface area contributed by atoms with Crippen molar-refractivity contribution in [2.24, 2.45) is 0 Å². The minimum absolute atomic E-state index is 0.111. The molecule has 0 unspecified atom stereocenters. The highest BCUT2D eigenvalue weighted by Crippen LogP contribution is 2.31. The van der Waals surface area contributed by atoms with Crippen LogP contribution in [0.4, 0.5) is 0 Å². The zero-order valence-corrected chi connectivity index (χ0v) is 18.4. The highest BCUT2D eigenvalue weighted by Gasteiger charge is 2.14. The van der Waals surface area contributed by atoms with Crippen LogP contribution in [0.1, 0.15) is 32.9 Å². The molecule has 0 atom stereocenters. The SMILES string of the molecule is COc1ccc(/C=C/C(=O)c2ccc3c(c2)OCCO3)cc1Cn1nc(C)c(Cl)c1C. The number of ketones is 1. The third-order valence-electron chi connectivity index (χ3n) is 5.17. The van der Waals surface area contributed by atoms with Gasteiger partial charge in [0.2, 0.25) is 0 Å². The fourth-order valence-electron chi connectivity index (χ4n) is 3.48. The lowest BCUT2D eigenvalue weighted by atomic mass is 10.1. The first-order valence-electron chi connectivity index (χ1n) is 9.94. The molecule has 0 amide bonds. The Morgan fingerprint density at radius 2 is 1.94 bits per heavy atom. The number of halogens is 1. The number of aryl methyl sites for hydroxylation is 1. The summed E-state index contributed by atoms with van der Waals surface area (Å²) in [6.45, 7) is 5.33. The number of rotatable bonds is 6. The quantitative estimate of drug-likeness (QED) is 0.405. The minimum atomic E-state index is -0.111. The second-order valence-electron chi connectivity index (χ2n) is 7.27. The van der Waals surface area contributed by atoms with E-state index in [2.05, 4.69) is 5.10 Å². The number of benzene rings is 2. The zero-order chi connectivity index (χ0) is 22.0. The average molecular weight is 439 g/mol. The van der Waals surface area contributed by atoms with Crippen molar-refractivity contribution in [1.29, 1.82) is 0 Å². The van der Waals surface area contributed by atoms with Crippen LogP contribution in [0, 0.1) is 13.8 Å². The molecule has 2 aromatic carbocycles. The first-order chi connectivity index (χ1) is 15.0. The molecule has 0 spiro atoms. The molecule has 0 aliphatic carbocycles. The van der Waals surface area contributed by atoms with Crippen molar-refractivity contribution in [3.8, 4) is 17.2 Å². The predicted molar refractivity (Wildman–Crippen MR) is 120 cm³/mol. The maximum Gasteiger partial charge on any atom is 0.185 e. The smallest absolute Gasteiger partial charge is 0.185 e. The third kappa shape index (κ3) is 4.44. The van der Waals surface area contributed by atoms with Gasteiger partial charge >= 0.3 is 0 Å². The second-order valence-corrected chi connectivity index (χ2v) is 7.65. The fourth-order valence-corrected chi connectivity index (χ4v) is 3.62. The van der Waals surface area contributed by atoms with Gasteiger partial charge in [0.25, 0.3) is 0 Å². The molecule has 0 radical (unpaired) electrons. The van der Waals surface area contributed by atoms with Crippen LogP contribution in [0.5, 0.6) is 17.2 Å². The summed E-state index contributed by atoms with van der Waals surface area (Å²) in [6, 6.07) is 11.0. The first kappa shape index (κ1) is 21.0. The van der Waals surface area contributed by atoms with Crippen molar-refractivity contribution in [1.82, 2.24) is 9.78 Å². The van der Waals surface area contributed by atoms with Crippen molar-refractivity contribution in [3.05, 3.63) is 75.6 Å². The molecule has 31 heavy (non-hydrogen) atoms. The zero-order valence-electron chi connectivity index (χ0n) is 17.6. The van der Waals surface area contributed by atoms with E-state index in [-0.39, 0.29) is 5.78 Å². The molecule has 0 bridgehead atoms. The molecule has 1 aromatic heterocycles. The lowest BCUT2D eigenvalue weighted by Gasteiger charge is -2.18. The van der Waals surface area contributed by atoms with E-state index < -0.39 is 0 Å². The number of allylic oxidation sites excluding steroid dienone is 1. The van der Waals surface area contributed by atoms with Crippen LogP contribution in [0.3, 0.4) is 0 Å². The normalized spacial score (nSPS) is 12.9. The van der Waals surface area contributed by atoms with Gasteiger partial charge in [-0.05, 0) is 55.8 Å². The summed E-state index contributed by atoms with van der Waals surface area (Å²) >= 11 is 6.28. The third-order valence-corrected chi connectivity index (χ3v) is 5.72. The lowest BCUT2D eigenvalue weighted by molar-refractivity contribution is 0.104. The van der Waals surface area contributed by atoms with E-state index in [0.29, 0.717) is 41.8 Å². The summed E-state index contributed by atoms with van der Waals surface area (Å²) < 4.78 is 18.4. The van der Waals surface area contributed by atoms with Crippen molar-refractivity contribution < 1.29 is 19.0 Å². The fraction of sp³-hybridized carbons (Fsp3) is 0.250. The second kappa shape index (κ2) is 8.86. The largest absolute Gasteiger partial charge is 0.496 e. The summed E-state index contributed by atoms with van der Waals surface area (Å²) in [4.78, 5) is 12.7. The number of aromatic nitrogens is 2. The molecule has 0 fully saturated rings. The van der Waals surface area contributed by atoms with Crippen LogP contribution < -0.4 is 14.2 Å². The molecule has 2 heterocycles. The van der Waals surface area contributed by atoms with Crippen molar-refractivity contribution in [2.75, 3.05) is 20.3 Å². The van der Waals surface area contributed by atoms with Crippen LogP contribution in [0.15, 0.2) is 42.5 Å². The van der Waals surface area contributed by atoms with Crippen LogP contribution >= 0.6 is 11.6 Å². The Labute approximate surface area is 186 Å². The number of hydrogen-bond acceptors (Lipinski definition) is 5. The molecular weight excluding hydrogens is 416 g/mol. The highest BCUT2D eigenvalue weighted by molar-refractivity contribution is 6.31. The molecule has 0 saturated carbocycles. The van der Waals surface area contributed by atoms with Crippen LogP contribution in [0.2, 0.25) is 5.02 Å². The number of carbonyl (C=O) groups excluding carboxylic acids is 1. The maximum absolute atomic E-state index is 12.7. The number of nitrogens with zero attached hydrogens (tertiary/aromatic N) is 2. The monoisotopic (exact) mass is 438 g/mol.